The van der Waals surface area contributed by atoms with Crippen LogP contribution >= 0.6 is 31.9 Å². The molecule has 1 unspecified atom stereocenters. The minimum atomic E-state index is 0.0810. The van der Waals surface area contributed by atoms with Gasteiger partial charge in [0.15, 0.2) is 0 Å². The van der Waals surface area contributed by atoms with Gasteiger partial charge in [-0.1, -0.05) is 38.8 Å². The zero-order valence-corrected chi connectivity index (χ0v) is 13.5. The van der Waals surface area contributed by atoms with Crippen molar-refractivity contribution < 1.29 is 4.42 Å². The monoisotopic (exact) mass is 371 g/mol. The van der Waals surface area contributed by atoms with Gasteiger partial charge >= 0.3 is 0 Å². The predicted molar refractivity (Wildman–Crippen MR) is 80.8 cm³/mol. The Morgan fingerprint density at radius 1 is 1.17 bits per heavy atom. The standard InChI is InChI=1S/C14H15Br2NO/c1-3-17-14(13-5-4-9(2)18-13)10-6-11(15)8-12(16)7-10/h4-8,14,17H,3H2,1-2H3. The normalized spacial score (nSPS) is 12.7. The van der Waals surface area contributed by atoms with E-state index < -0.39 is 0 Å². The van der Waals surface area contributed by atoms with Crippen LogP contribution in [0.25, 0.3) is 0 Å². The molecule has 0 aliphatic heterocycles. The van der Waals surface area contributed by atoms with E-state index in [2.05, 4.69) is 56.2 Å². The third-order valence-corrected chi connectivity index (χ3v) is 3.59. The molecule has 0 radical (unpaired) electrons. The van der Waals surface area contributed by atoms with E-state index in [1.165, 1.54) is 5.56 Å². The molecule has 96 valence electrons. The summed E-state index contributed by atoms with van der Waals surface area (Å²) in [6, 6.07) is 10.3. The molecule has 18 heavy (non-hydrogen) atoms. The number of halogens is 2. The molecule has 2 nitrogen and oxygen atoms in total. The summed E-state index contributed by atoms with van der Waals surface area (Å²) in [5.74, 6) is 1.88. The van der Waals surface area contributed by atoms with Crippen molar-refractivity contribution in [2.75, 3.05) is 6.54 Å². The average Bonchev–Trinajstić information content (AvgIpc) is 2.71. The summed E-state index contributed by atoms with van der Waals surface area (Å²) in [4.78, 5) is 0. The second kappa shape index (κ2) is 6.04. The summed E-state index contributed by atoms with van der Waals surface area (Å²) in [6.07, 6.45) is 0. The summed E-state index contributed by atoms with van der Waals surface area (Å²) >= 11 is 7.04. The van der Waals surface area contributed by atoms with Crippen molar-refractivity contribution in [1.82, 2.24) is 5.32 Å². The summed E-state index contributed by atoms with van der Waals surface area (Å²) in [7, 11) is 0. The van der Waals surface area contributed by atoms with Gasteiger partial charge in [-0.3, -0.25) is 0 Å². The molecule has 1 aromatic heterocycles. The van der Waals surface area contributed by atoms with Crippen LogP contribution < -0.4 is 5.32 Å². The van der Waals surface area contributed by atoms with Gasteiger partial charge in [-0.25, -0.2) is 0 Å². The molecule has 1 N–H and O–H groups in total. The first-order valence-corrected chi connectivity index (χ1v) is 7.44. The molecule has 0 aliphatic carbocycles. The Morgan fingerprint density at radius 3 is 2.33 bits per heavy atom. The number of aryl methyl sites for hydroxylation is 1. The molecule has 1 aromatic carbocycles. The highest BCUT2D eigenvalue weighted by Gasteiger charge is 2.17. The zero-order valence-electron chi connectivity index (χ0n) is 10.3. The van der Waals surface area contributed by atoms with Crippen molar-refractivity contribution in [3.63, 3.8) is 0 Å². The molecule has 4 heteroatoms. The van der Waals surface area contributed by atoms with Gasteiger partial charge in [0.25, 0.3) is 0 Å². The van der Waals surface area contributed by atoms with Crippen LogP contribution in [-0.4, -0.2) is 6.54 Å². The largest absolute Gasteiger partial charge is 0.464 e. The number of hydrogen-bond acceptors (Lipinski definition) is 2. The van der Waals surface area contributed by atoms with Gasteiger partial charge in [-0.15, -0.1) is 0 Å². The van der Waals surface area contributed by atoms with Crippen LogP contribution in [0.5, 0.6) is 0 Å². The summed E-state index contributed by atoms with van der Waals surface area (Å²) in [5, 5.41) is 3.45. The first kappa shape index (κ1) is 13.8. The van der Waals surface area contributed by atoms with Crippen molar-refractivity contribution in [1.29, 1.82) is 0 Å². The smallest absolute Gasteiger partial charge is 0.125 e. The topological polar surface area (TPSA) is 25.2 Å². The summed E-state index contributed by atoms with van der Waals surface area (Å²) in [5.41, 5.74) is 1.17. The maximum Gasteiger partial charge on any atom is 0.125 e. The van der Waals surface area contributed by atoms with Crippen LogP contribution in [-0.2, 0) is 0 Å². The van der Waals surface area contributed by atoms with Crippen molar-refractivity contribution in [2.45, 2.75) is 19.9 Å². The Morgan fingerprint density at radius 2 is 1.83 bits per heavy atom. The summed E-state index contributed by atoms with van der Waals surface area (Å²) in [6.45, 7) is 4.94. The lowest BCUT2D eigenvalue weighted by Gasteiger charge is -2.17. The second-order valence-electron chi connectivity index (χ2n) is 4.14. The van der Waals surface area contributed by atoms with E-state index in [4.69, 9.17) is 4.42 Å². The van der Waals surface area contributed by atoms with Gasteiger partial charge in [-0.2, -0.15) is 0 Å². The Balaban J connectivity index is 2.40. The zero-order chi connectivity index (χ0) is 13.1. The van der Waals surface area contributed by atoms with Crippen molar-refractivity contribution >= 4 is 31.9 Å². The van der Waals surface area contributed by atoms with Crippen LogP contribution in [0.1, 0.15) is 30.0 Å². The van der Waals surface area contributed by atoms with Crippen LogP contribution in [0.3, 0.4) is 0 Å². The fourth-order valence-corrected chi connectivity index (χ4v) is 3.27. The van der Waals surface area contributed by atoms with Crippen LogP contribution in [0.4, 0.5) is 0 Å². The Kier molecular flexibility index (Phi) is 4.65. The number of nitrogens with one attached hydrogen (secondary N) is 1. The third kappa shape index (κ3) is 3.25. The minimum Gasteiger partial charge on any atom is -0.464 e. The molecule has 0 fully saturated rings. The van der Waals surface area contributed by atoms with Crippen molar-refractivity contribution in [2.24, 2.45) is 0 Å². The fraction of sp³-hybridized carbons (Fsp3) is 0.286. The van der Waals surface area contributed by atoms with E-state index in [9.17, 15) is 0 Å². The highest BCUT2D eigenvalue weighted by molar-refractivity contribution is 9.11. The molecule has 0 saturated heterocycles. The SMILES string of the molecule is CCNC(c1cc(Br)cc(Br)c1)c1ccc(C)o1. The highest BCUT2D eigenvalue weighted by atomic mass is 79.9. The van der Waals surface area contributed by atoms with Gasteiger partial charge in [0, 0.05) is 8.95 Å². The van der Waals surface area contributed by atoms with Gasteiger partial charge < -0.3 is 9.73 Å². The maximum absolute atomic E-state index is 5.74. The molecular formula is C14H15Br2NO. The molecule has 0 amide bonds. The fourth-order valence-electron chi connectivity index (χ4n) is 1.94. The number of rotatable bonds is 4. The molecule has 0 aliphatic rings. The number of hydrogen-bond donors (Lipinski definition) is 1. The van der Waals surface area contributed by atoms with Gasteiger partial charge in [-0.05, 0) is 49.4 Å². The van der Waals surface area contributed by atoms with E-state index in [1.807, 2.05) is 25.1 Å². The molecular weight excluding hydrogens is 358 g/mol. The molecule has 1 atom stereocenters. The second-order valence-corrected chi connectivity index (χ2v) is 5.97. The number of furan rings is 1. The molecule has 2 aromatic rings. The minimum absolute atomic E-state index is 0.0810. The third-order valence-electron chi connectivity index (χ3n) is 2.67. The lowest BCUT2D eigenvalue weighted by Crippen LogP contribution is -2.21. The molecule has 2 rings (SSSR count). The quantitative estimate of drug-likeness (QED) is 0.832. The van der Waals surface area contributed by atoms with Gasteiger partial charge in [0.2, 0.25) is 0 Å². The molecule has 0 bridgehead atoms. The van der Waals surface area contributed by atoms with E-state index in [0.29, 0.717) is 0 Å². The first-order chi connectivity index (χ1) is 8.60. The van der Waals surface area contributed by atoms with Crippen LogP contribution in [0.2, 0.25) is 0 Å². The molecule has 0 spiro atoms. The Labute approximate surface area is 124 Å². The average molecular weight is 373 g/mol. The van der Waals surface area contributed by atoms with E-state index in [0.717, 1.165) is 27.0 Å². The van der Waals surface area contributed by atoms with E-state index in [1.54, 1.807) is 0 Å². The van der Waals surface area contributed by atoms with Crippen molar-refractivity contribution in [3.8, 4) is 0 Å². The van der Waals surface area contributed by atoms with E-state index in [-0.39, 0.29) is 6.04 Å². The van der Waals surface area contributed by atoms with Crippen molar-refractivity contribution in [3.05, 3.63) is 56.4 Å². The number of benzene rings is 1. The molecule has 0 saturated carbocycles. The molecule has 1 heterocycles. The highest BCUT2D eigenvalue weighted by Crippen LogP contribution is 2.29. The van der Waals surface area contributed by atoms with Crippen LogP contribution in [0.15, 0.2) is 43.7 Å². The lowest BCUT2D eigenvalue weighted by molar-refractivity contribution is 0.435. The van der Waals surface area contributed by atoms with E-state index >= 15 is 0 Å². The first-order valence-electron chi connectivity index (χ1n) is 5.86. The predicted octanol–water partition coefficient (Wildman–Crippen LogP) is 4.81. The van der Waals surface area contributed by atoms with Crippen LogP contribution in [0, 0.1) is 6.92 Å². The van der Waals surface area contributed by atoms with Gasteiger partial charge in [0.1, 0.15) is 11.5 Å². The van der Waals surface area contributed by atoms with Gasteiger partial charge in [0.05, 0.1) is 6.04 Å². The summed E-state index contributed by atoms with van der Waals surface area (Å²) < 4.78 is 7.85. The lowest BCUT2D eigenvalue weighted by atomic mass is 10.0. The Bertz CT molecular complexity index is 516. The Hall–Kier alpha value is -0.580. The maximum atomic E-state index is 5.74.